The van der Waals surface area contributed by atoms with E-state index in [0.717, 1.165) is 12.5 Å². The quantitative estimate of drug-likeness (QED) is 0.832. The van der Waals surface area contributed by atoms with E-state index in [0.29, 0.717) is 0 Å². The van der Waals surface area contributed by atoms with Gasteiger partial charge in [-0.15, -0.1) is 11.3 Å². The van der Waals surface area contributed by atoms with Crippen LogP contribution in [0.3, 0.4) is 0 Å². The van der Waals surface area contributed by atoms with Crippen LogP contribution in [-0.4, -0.2) is 11.5 Å². The molecular formula is C11H18N2S. The third-order valence-electron chi connectivity index (χ3n) is 3.56. The Labute approximate surface area is 89.5 Å². The number of hydrogen-bond donors (Lipinski definition) is 1. The molecule has 0 saturated heterocycles. The van der Waals surface area contributed by atoms with Crippen molar-refractivity contribution in [2.24, 2.45) is 11.7 Å². The maximum Gasteiger partial charge on any atom is 0.0999 e. The van der Waals surface area contributed by atoms with Gasteiger partial charge in [0.25, 0.3) is 0 Å². The number of aromatic nitrogens is 1. The number of rotatable bonds is 3. The summed E-state index contributed by atoms with van der Waals surface area (Å²) in [7, 11) is 0. The van der Waals surface area contributed by atoms with E-state index in [4.69, 9.17) is 5.73 Å². The lowest BCUT2D eigenvalue weighted by atomic mass is 9.85. The van der Waals surface area contributed by atoms with Gasteiger partial charge in [0, 0.05) is 23.5 Å². The second kappa shape index (κ2) is 3.99. The van der Waals surface area contributed by atoms with Gasteiger partial charge in [0.15, 0.2) is 0 Å². The highest BCUT2D eigenvalue weighted by molar-refractivity contribution is 7.09. The molecule has 1 aromatic rings. The fraction of sp³-hybridized carbons (Fsp3) is 0.727. The van der Waals surface area contributed by atoms with E-state index in [1.165, 1.54) is 30.7 Å². The molecule has 78 valence electrons. The first-order valence-corrected chi connectivity index (χ1v) is 6.29. The SMILES string of the molecule is CCC1CCC(CN)(c2nccs2)C1. The fourth-order valence-corrected chi connectivity index (χ4v) is 3.43. The van der Waals surface area contributed by atoms with Gasteiger partial charge in [-0.3, -0.25) is 0 Å². The average molecular weight is 210 g/mol. The van der Waals surface area contributed by atoms with Crippen molar-refractivity contribution in [3.63, 3.8) is 0 Å². The molecule has 2 N–H and O–H groups in total. The molecule has 1 aliphatic carbocycles. The Balaban J connectivity index is 2.20. The summed E-state index contributed by atoms with van der Waals surface area (Å²) in [4.78, 5) is 4.45. The summed E-state index contributed by atoms with van der Waals surface area (Å²) in [5.74, 6) is 0.863. The molecule has 2 atom stereocenters. The van der Waals surface area contributed by atoms with Crippen molar-refractivity contribution in [1.29, 1.82) is 0 Å². The molecule has 0 amide bonds. The first kappa shape index (κ1) is 10.1. The van der Waals surface area contributed by atoms with Gasteiger partial charge >= 0.3 is 0 Å². The van der Waals surface area contributed by atoms with Crippen LogP contribution in [0.4, 0.5) is 0 Å². The molecule has 0 spiro atoms. The molecule has 2 rings (SSSR count). The van der Waals surface area contributed by atoms with Gasteiger partial charge in [0.1, 0.15) is 0 Å². The van der Waals surface area contributed by atoms with Crippen LogP contribution in [-0.2, 0) is 5.41 Å². The molecule has 2 unspecified atom stereocenters. The topological polar surface area (TPSA) is 38.9 Å². The minimum atomic E-state index is 0.217. The molecule has 3 heteroatoms. The molecule has 1 fully saturated rings. The standard InChI is InChI=1S/C11H18N2S/c1-2-9-3-4-11(7-9,8-12)10-13-5-6-14-10/h5-6,9H,2-4,7-8,12H2,1H3. The van der Waals surface area contributed by atoms with Gasteiger partial charge in [0.2, 0.25) is 0 Å². The highest BCUT2D eigenvalue weighted by Gasteiger charge is 2.40. The summed E-state index contributed by atoms with van der Waals surface area (Å²) < 4.78 is 0. The molecule has 2 nitrogen and oxygen atoms in total. The Morgan fingerprint density at radius 2 is 2.57 bits per heavy atom. The first-order chi connectivity index (χ1) is 6.80. The van der Waals surface area contributed by atoms with E-state index in [1.807, 2.05) is 6.20 Å². The summed E-state index contributed by atoms with van der Waals surface area (Å²) in [5, 5.41) is 3.32. The molecule has 0 aromatic carbocycles. The largest absolute Gasteiger partial charge is 0.329 e. The van der Waals surface area contributed by atoms with Gasteiger partial charge in [-0.25, -0.2) is 4.98 Å². The molecule has 1 aromatic heterocycles. The van der Waals surface area contributed by atoms with Crippen LogP contribution in [0.15, 0.2) is 11.6 Å². The molecule has 1 heterocycles. The average Bonchev–Trinajstić information content (AvgIpc) is 2.87. The van der Waals surface area contributed by atoms with E-state index >= 15 is 0 Å². The smallest absolute Gasteiger partial charge is 0.0999 e. The predicted octanol–water partition coefficient (Wildman–Crippen LogP) is 2.55. The molecule has 0 bridgehead atoms. The van der Waals surface area contributed by atoms with Gasteiger partial charge in [-0.1, -0.05) is 13.3 Å². The highest BCUT2D eigenvalue weighted by atomic mass is 32.1. The van der Waals surface area contributed by atoms with Crippen LogP contribution in [0.1, 0.15) is 37.6 Å². The zero-order chi connectivity index (χ0) is 10.0. The highest BCUT2D eigenvalue weighted by Crippen LogP contribution is 2.45. The summed E-state index contributed by atoms with van der Waals surface area (Å²) in [5.41, 5.74) is 6.16. The van der Waals surface area contributed by atoms with Gasteiger partial charge < -0.3 is 5.73 Å². The van der Waals surface area contributed by atoms with E-state index in [2.05, 4.69) is 17.3 Å². The van der Waals surface area contributed by atoms with Crippen LogP contribution >= 0.6 is 11.3 Å². The number of nitrogens with two attached hydrogens (primary N) is 1. The van der Waals surface area contributed by atoms with Crippen LogP contribution in [0.25, 0.3) is 0 Å². The van der Waals surface area contributed by atoms with Crippen molar-refractivity contribution in [2.45, 2.75) is 38.0 Å². The molecular weight excluding hydrogens is 192 g/mol. The number of hydrogen-bond acceptors (Lipinski definition) is 3. The normalized spacial score (nSPS) is 32.3. The molecule has 0 radical (unpaired) electrons. The lowest BCUT2D eigenvalue weighted by Gasteiger charge is -2.24. The van der Waals surface area contributed by atoms with E-state index in [1.54, 1.807) is 11.3 Å². The van der Waals surface area contributed by atoms with E-state index in [-0.39, 0.29) is 5.41 Å². The summed E-state index contributed by atoms with van der Waals surface area (Å²) >= 11 is 1.77. The van der Waals surface area contributed by atoms with Crippen LogP contribution in [0.5, 0.6) is 0 Å². The van der Waals surface area contributed by atoms with E-state index in [9.17, 15) is 0 Å². The maximum absolute atomic E-state index is 5.94. The Bertz CT molecular complexity index is 283. The Hall–Kier alpha value is -0.410. The molecule has 0 aliphatic heterocycles. The summed E-state index contributed by atoms with van der Waals surface area (Å²) in [6.45, 7) is 3.04. The van der Waals surface area contributed by atoms with Crippen molar-refractivity contribution in [1.82, 2.24) is 4.98 Å². The Morgan fingerprint density at radius 1 is 1.71 bits per heavy atom. The Morgan fingerprint density at radius 3 is 3.07 bits per heavy atom. The minimum Gasteiger partial charge on any atom is -0.329 e. The zero-order valence-corrected chi connectivity index (χ0v) is 9.52. The van der Waals surface area contributed by atoms with Gasteiger partial charge in [-0.2, -0.15) is 0 Å². The van der Waals surface area contributed by atoms with Crippen LogP contribution < -0.4 is 5.73 Å². The predicted molar refractivity (Wildman–Crippen MR) is 60.5 cm³/mol. The maximum atomic E-state index is 5.94. The van der Waals surface area contributed by atoms with E-state index < -0.39 is 0 Å². The monoisotopic (exact) mass is 210 g/mol. The number of nitrogens with zero attached hydrogens (tertiary/aromatic N) is 1. The zero-order valence-electron chi connectivity index (χ0n) is 8.70. The van der Waals surface area contributed by atoms with Crippen LogP contribution in [0.2, 0.25) is 0 Å². The minimum absolute atomic E-state index is 0.217. The first-order valence-electron chi connectivity index (χ1n) is 5.41. The third kappa shape index (κ3) is 1.59. The van der Waals surface area contributed by atoms with Gasteiger partial charge in [0.05, 0.1) is 5.01 Å². The van der Waals surface area contributed by atoms with Crippen molar-refractivity contribution in [2.75, 3.05) is 6.54 Å². The molecule has 1 aliphatic rings. The summed E-state index contributed by atoms with van der Waals surface area (Å²) in [6, 6.07) is 0. The Kier molecular flexibility index (Phi) is 2.88. The van der Waals surface area contributed by atoms with Crippen molar-refractivity contribution in [3.8, 4) is 0 Å². The second-order valence-electron chi connectivity index (χ2n) is 4.34. The van der Waals surface area contributed by atoms with Crippen molar-refractivity contribution < 1.29 is 0 Å². The molecule has 14 heavy (non-hydrogen) atoms. The lowest BCUT2D eigenvalue weighted by molar-refractivity contribution is 0.417. The van der Waals surface area contributed by atoms with Crippen LogP contribution in [0, 0.1) is 5.92 Å². The van der Waals surface area contributed by atoms with Gasteiger partial charge in [-0.05, 0) is 25.2 Å². The fourth-order valence-electron chi connectivity index (χ4n) is 2.54. The lowest BCUT2D eigenvalue weighted by Crippen LogP contribution is -2.32. The second-order valence-corrected chi connectivity index (χ2v) is 5.23. The molecule has 1 saturated carbocycles. The third-order valence-corrected chi connectivity index (χ3v) is 4.58. The van der Waals surface area contributed by atoms with Crippen molar-refractivity contribution >= 4 is 11.3 Å². The summed E-state index contributed by atoms with van der Waals surface area (Å²) in [6.07, 6.45) is 6.99. The van der Waals surface area contributed by atoms with Crippen molar-refractivity contribution in [3.05, 3.63) is 16.6 Å². The number of thiazole rings is 1.